The third-order valence-corrected chi connectivity index (χ3v) is 4.08. The van der Waals surface area contributed by atoms with Crippen LogP contribution in [0.4, 0.5) is 0 Å². The molecule has 0 aliphatic rings. The predicted molar refractivity (Wildman–Crippen MR) is 85.5 cm³/mol. The fourth-order valence-electron chi connectivity index (χ4n) is 2.26. The van der Waals surface area contributed by atoms with E-state index in [1.54, 1.807) is 0 Å². The summed E-state index contributed by atoms with van der Waals surface area (Å²) in [5.41, 5.74) is 2.46. The van der Waals surface area contributed by atoms with E-state index >= 15 is 0 Å². The van der Waals surface area contributed by atoms with E-state index in [2.05, 4.69) is 58.3 Å². The molecule has 1 N–H and O–H groups in total. The highest BCUT2D eigenvalue weighted by Gasteiger charge is 2.07. The Hall–Kier alpha value is -0.930. The minimum absolute atomic E-state index is 0.558. The highest BCUT2D eigenvalue weighted by atomic mass is 79.9. The van der Waals surface area contributed by atoms with Crippen molar-refractivity contribution in [1.82, 2.24) is 10.3 Å². The van der Waals surface area contributed by atoms with E-state index < -0.39 is 0 Å². The lowest BCUT2D eigenvalue weighted by molar-refractivity contribution is 0.514. The summed E-state index contributed by atoms with van der Waals surface area (Å²) >= 11 is 3.59. The Labute approximate surface area is 123 Å². The molecular weight excluding hydrogens is 300 g/mol. The number of aromatic nitrogens is 1. The molecule has 0 bridgehead atoms. The molecule has 2 aromatic rings. The van der Waals surface area contributed by atoms with Gasteiger partial charge in [-0.1, -0.05) is 35.0 Å². The number of hydrogen-bond donors (Lipinski definition) is 1. The normalized spacial score (nSPS) is 12.8. The van der Waals surface area contributed by atoms with Crippen LogP contribution in [0.5, 0.6) is 0 Å². The van der Waals surface area contributed by atoms with Crippen molar-refractivity contribution in [2.45, 2.75) is 39.2 Å². The van der Waals surface area contributed by atoms with E-state index in [1.807, 2.05) is 12.3 Å². The van der Waals surface area contributed by atoms with Crippen LogP contribution in [0.3, 0.4) is 0 Å². The second-order valence-electron chi connectivity index (χ2n) is 5.00. The van der Waals surface area contributed by atoms with Crippen LogP contribution in [-0.2, 0) is 6.42 Å². The molecular formula is C16H21BrN2. The van der Waals surface area contributed by atoms with Gasteiger partial charge in [0, 0.05) is 22.1 Å². The lowest BCUT2D eigenvalue weighted by Gasteiger charge is -2.14. The molecule has 2 nitrogen and oxygen atoms in total. The fourth-order valence-corrected chi connectivity index (χ4v) is 2.72. The summed E-state index contributed by atoms with van der Waals surface area (Å²) in [6.45, 7) is 5.55. The van der Waals surface area contributed by atoms with Gasteiger partial charge >= 0.3 is 0 Å². The van der Waals surface area contributed by atoms with Crippen LogP contribution in [0.2, 0.25) is 0 Å². The highest BCUT2D eigenvalue weighted by molar-refractivity contribution is 9.10. The van der Waals surface area contributed by atoms with Gasteiger partial charge in [-0.2, -0.15) is 0 Å². The number of rotatable bonds is 6. The van der Waals surface area contributed by atoms with Crippen LogP contribution >= 0.6 is 15.9 Å². The predicted octanol–water partition coefficient (Wildman–Crippen LogP) is 4.32. The smallest absolute Gasteiger partial charge is 0.0745 e. The van der Waals surface area contributed by atoms with Crippen molar-refractivity contribution in [1.29, 1.82) is 0 Å². The summed E-state index contributed by atoms with van der Waals surface area (Å²) in [7, 11) is 0. The number of benzene rings is 1. The molecule has 1 atom stereocenters. The van der Waals surface area contributed by atoms with Crippen LogP contribution in [0.1, 0.15) is 32.3 Å². The molecule has 1 heterocycles. The van der Waals surface area contributed by atoms with Crippen molar-refractivity contribution in [2.24, 2.45) is 0 Å². The minimum Gasteiger partial charge on any atom is -0.314 e. The summed E-state index contributed by atoms with van der Waals surface area (Å²) in [4.78, 5) is 4.53. The number of nitrogens with one attached hydrogen (secondary N) is 1. The first-order valence-electron chi connectivity index (χ1n) is 6.98. The molecule has 1 aromatic heterocycles. The van der Waals surface area contributed by atoms with E-state index in [1.165, 1.54) is 17.4 Å². The van der Waals surface area contributed by atoms with Crippen molar-refractivity contribution >= 4 is 26.8 Å². The lowest BCUT2D eigenvalue weighted by Crippen LogP contribution is -2.27. The van der Waals surface area contributed by atoms with Gasteiger partial charge in [0.2, 0.25) is 0 Å². The molecule has 0 aliphatic carbocycles. The van der Waals surface area contributed by atoms with Crippen LogP contribution in [-0.4, -0.2) is 17.6 Å². The van der Waals surface area contributed by atoms with Crippen molar-refractivity contribution in [3.63, 3.8) is 0 Å². The summed E-state index contributed by atoms with van der Waals surface area (Å²) in [5, 5.41) is 4.74. The third kappa shape index (κ3) is 3.77. The number of hydrogen-bond acceptors (Lipinski definition) is 2. The van der Waals surface area contributed by atoms with Gasteiger partial charge in [0.25, 0.3) is 0 Å². The number of fused-ring (bicyclic) bond motifs is 1. The first-order chi connectivity index (χ1) is 9.22. The van der Waals surface area contributed by atoms with E-state index in [-0.39, 0.29) is 0 Å². The largest absolute Gasteiger partial charge is 0.314 e. The molecule has 102 valence electrons. The molecule has 0 fully saturated rings. The van der Waals surface area contributed by atoms with Gasteiger partial charge < -0.3 is 5.32 Å². The zero-order valence-electron chi connectivity index (χ0n) is 11.6. The van der Waals surface area contributed by atoms with E-state index in [0.29, 0.717) is 6.04 Å². The second-order valence-corrected chi connectivity index (χ2v) is 5.85. The maximum absolute atomic E-state index is 4.53. The molecule has 2 rings (SSSR count). The van der Waals surface area contributed by atoms with Crippen LogP contribution in [0, 0.1) is 0 Å². The van der Waals surface area contributed by atoms with Crippen molar-refractivity contribution in [3.8, 4) is 0 Å². The van der Waals surface area contributed by atoms with Crippen LogP contribution in [0.25, 0.3) is 10.9 Å². The maximum atomic E-state index is 4.53. The molecule has 1 unspecified atom stereocenters. The summed E-state index contributed by atoms with van der Waals surface area (Å²) < 4.78 is 1.12. The first-order valence-corrected chi connectivity index (χ1v) is 7.77. The summed E-state index contributed by atoms with van der Waals surface area (Å²) in [5.74, 6) is 0. The first kappa shape index (κ1) is 14.5. The second kappa shape index (κ2) is 7.01. The fraction of sp³-hybridized carbons (Fsp3) is 0.438. The third-order valence-electron chi connectivity index (χ3n) is 3.39. The van der Waals surface area contributed by atoms with Gasteiger partial charge in [-0.15, -0.1) is 0 Å². The van der Waals surface area contributed by atoms with Gasteiger partial charge in [0.1, 0.15) is 0 Å². The van der Waals surface area contributed by atoms with Crippen molar-refractivity contribution < 1.29 is 0 Å². The van der Waals surface area contributed by atoms with Gasteiger partial charge in [-0.05, 0) is 50.4 Å². The molecule has 0 saturated carbocycles. The Morgan fingerprint density at radius 1 is 1.32 bits per heavy atom. The molecule has 3 heteroatoms. The molecule has 0 saturated heterocycles. The molecule has 0 amide bonds. The average molecular weight is 321 g/mol. The van der Waals surface area contributed by atoms with Crippen molar-refractivity contribution in [2.75, 3.05) is 6.54 Å². The number of nitrogens with zero attached hydrogens (tertiary/aromatic N) is 1. The topological polar surface area (TPSA) is 24.9 Å². The number of halogens is 1. The standard InChI is InChI=1S/C16H21BrN2/c1-3-10-18-12(2)6-7-13-8-9-15(17)14-5-4-11-19-16(13)14/h4-5,8-9,11-12,18H,3,6-7,10H2,1-2H3. The number of aryl methyl sites for hydroxylation is 1. The SMILES string of the molecule is CCCNC(C)CCc1ccc(Br)c2cccnc12. The monoisotopic (exact) mass is 320 g/mol. The zero-order valence-corrected chi connectivity index (χ0v) is 13.2. The Balaban J connectivity index is 2.11. The lowest BCUT2D eigenvalue weighted by atomic mass is 10.0. The Kier molecular flexibility index (Phi) is 5.34. The Morgan fingerprint density at radius 3 is 2.95 bits per heavy atom. The van der Waals surface area contributed by atoms with E-state index in [9.17, 15) is 0 Å². The van der Waals surface area contributed by atoms with Crippen molar-refractivity contribution in [3.05, 3.63) is 40.5 Å². The summed E-state index contributed by atoms with van der Waals surface area (Å²) in [6, 6.07) is 8.98. The molecule has 0 aliphatic heterocycles. The van der Waals surface area contributed by atoms with E-state index in [0.717, 1.165) is 29.4 Å². The van der Waals surface area contributed by atoms with Gasteiger partial charge in [-0.25, -0.2) is 0 Å². The molecule has 0 spiro atoms. The number of pyridine rings is 1. The van der Waals surface area contributed by atoms with Gasteiger partial charge in [0.15, 0.2) is 0 Å². The highest BCUT2D eigenvalue weighted by Crippen LogP contribution is 2.26. The molecule has 0 radical (unpaired) electrons. The van der Waals surface area contributed by atoms with Crippen LogP contribution in [0.15, 0.2) is 34.9 Å². The zero-order chi connectivity index (χ0) is 13.7. The average Bonchev–Trinajstić information content (AvgIpc) is 2.45. The quantitative estimate of drug-likeness (QED) is 0.857. The van der Waals surface area contributed by atoms with Gasteiger partial charge in [0.05, 0.1) is 5.52 Å². The Morgan fingerprint density at radius 2 is 2.16 bits per heavy atom. The molecule has 19 heavy (non-hydrogen) atoms. The van der Waals surface area contributed by atoms with E-state index in [4.69, 9.17) is 0 Å². The van der Waals surface area contributed by atoms with Gasteiger partial charge in [-0.3, -0.25) is 4.98 Å². The summed E-state index contributed by atoms with van der Waals surface area (Å²) in [6.07, 6.45) is 5.27. The Bertz CT molecular complexity index is 539. The molecule has 1 aromatic carbocycles. The maximum Gasteiger partial charge on any atom is 0.0745 e. The minimum atomic E-state index is 0.558. The van der Waals surface area contributed by atoms with Crippen LogP contribution < -0.4 is 5.32 Å².